The van der Waals surface area contributed by atoms with Crippen LogP contribution in [-0.2, 0) is 14.3 Å². The van der Waals surface area contributed by atoms with Crippen LogP contribution in [0.3, 0.4) is 0 Å². The molecule has 0 aliphatic rings. The molecule has 1 rings (SSSR count). The predicted molar refractivity (Wildman–Crippen MR) is 84.4 cm³/mol. The summed E-state index contributed by atoms with van der Waals surface area (Å²) in [5, 5.41) is 3.54. The van der Waals surface area contributed by atoms with Crippen molar-refractivity contribution in [3.8, 4) is 0 Å². The fraction of sp³-hybridized carbons (Fsp3) is 0.333. The van der Waals surface area contributed by atoms with Crippen LogP contribution in [0.5, 0.6) is 0 Å². The van der Waals surface area contributed by atoms with E-state index in [0.29, 0.717) is 15.6 Å². The Hall–Kier alpha value is -1.52. The summed E-state index contributed by atoms with van der Waals surface area (Å²) in [7, 11) is 0. The van der Waals surface area contributed by atoms with Gasteiger partial charge in [-0.2, -0.15) is 0 Å². The van der Waals surface area contributed by atoms with Crippen LogP contribution in [0, 0.1) is 0 Å². The highest BCUT2D eigenvalue weighted by Crippen LogP contribution is 2.25. The summed E-state index contributed by atoms with van der Waals surface area (Å²) in [5.41, 5.74) is 0.154. The van der Waals surface area contributed by atoms with Gasteiger partial charge in [-0.15, -0.1) is 0 Å². The molecule has 1 aromatic carbocycles. The highest BCUT2D eigenvalue weighted by Gasteiger charge is 2.14. The Morgan fingerprint density at radius 2 is 1.81 bits per heavy atom. The largest absolute Gasteiger partial charge is 0.452 e. The van der Waals surface area contributed by atoms with E-state index in [1.165, 1.54) is 12.2 Å². The van der Waals surface area contributed by atoms with Crippen molar-refractivity contribution in [1.82, 2.24) is 5.32 Å². The molecule has 0 fully saturated rings. The van der Waals surface area contributed by atoms with Gasteiger partial charge in [0.25, 0.3) is 5.91 Å². The lowest BCUT2D eigenvalue weighted by molar-refractivity contribution is -0.144. The van der Waals surface area contributed by atoms with Gasteiger partial charge in [0.05, 0.1) is 0 Å². The number of ether oxygens (including phenoxy) is 1. The van der Waals surface area contributed by atoms with E-state index in [1.54, 1.807) is 18.2 Å². The maximum Gasteiger partial charge on any atom is 0.331 e. The molecule has 0 radical (unpaired) electrons. The summed E-state index contributed by atoms with van der Waals surface area (Å²) in [4.78, 5) is 23.0. The lowest BCUT2D eigenvalue weighted by atomic mass is 10.1. The molecule has 6 heteroatoms. The normalized spacial score (nSPS) is 11.5. The van der Waals surface area contributed by atoms with Crippen molar-refractivity contribution in [2.75, 3.05) is 6.61 Å². The summed E-state index contributed by atoms with van der Waals surface area (Å²) in [6.45, 7) is 5.18. The van der Waals surface area contributed by atoms with Gasteiger partial charge in [-0.05, 0) is 39.0 Å². The van der Waals surface area contributed by atoms with Crippen LogP contribution in [0.4, 0.5) is 0 Å². The van der Waals surface area contributed by atoms with Crippen LogP contribution in [0.25, 0.3) is 6.08 Å². The van der Waals surface area contributed by atoms with Gasteiger partial charge < -0.3 is 10.1 Å². The molecule has 0 spiro atoms. The van der Waals surface area contributed by atoms with Crippen molar-refractivity contribution in [2.24, 2.45) is 0 Å². The molecule has 1 amide bonds. The number of hydrogen-bond acceptors (Lipinski definition) is 3. The summed E-state index contributed by atoms with van der Waals surface area (Å²) in [6.07, 6.45) is 2.63. The molecule has 0 unspecified atom stereocenters. The van der Waals surface area contributed by atoms with E-state index in [0.717, 1.165) is 0 Å². The Morgan fingerprint density at radius 1 is 1.24 bits per heavy atom. The van der Waals surface area contributed by atoms with Crippen LogP contribution in [0.2, 0.25) is 10.0 Å². The van der Waals surface area contributed by atoms with Crippen LogP contribution >= 0.6 is 23.2 Å². The topological polar surface area (TPSA) is 55.4 Å². The fourth-order valence-electron chi connectivity index (χ4n) is 1.46. The van der Waals surface area contributed by atoms with Crippen molar-refractivity contribution in [1.29, 1.82) is 0 Å². The minimum Gasteiger partial charge on any atom is -0.452 e. The smallest absolute Gasteiger partial charge is 0.331 e. The fourth-order valence-corrected chi connectivity index (χ4v) is 1.98. The first kappa shape index (κ1) is 17.5. The van der Waals surface area contributed by atoms with E-state index in [1.807, 2.05) is 20.8 Å². The number of nitrogens with one attached hydrogen (secondary N) is 1. The van der Waals surface area contributed by atoms with Gasteiger partial charge in [-0.1, -0.05) is 29.3 Å². The molecule has 0 aliphatic heterocycles. The van der Waals surface area contributed by atoms with Crippen molar-refractivity contribution in [2.45, 2.75) is 26.3 Å². The van der Waals surface area contributed by atoms with E-state index >= 15 is 0 Å². The second-order valence-corrected chi connectivity index (χ2v) is 6.19. The van der Waals surface area contributed by atoms with Crippen LogP contribution in [0.15, 0.2) is 24.3 Å². The minimum absolute atomic E-state index is 0.337. The Bertz CT molecular complexity index is 542. The third-order valence-corrected chi connectivity index (χ3v) is 2.90. The molecule has 1 N–H and O–H groups in total. The molecular formula is C15H17Cl2NO3. The van der Waals surface area contributed by atoms with Gasteiger partial charge in [0.2, 0.25) is 0 Å². The number of carbonyl (C=O) groups excluding carboxylic acids is 2. The Morgan fingerprint density at radius 3 is 2.33 bits per heavy atom. The van der Waals surface area contributed by atoms with Gasteiger partial charge in [0.1, 0.15) is 0 Å². The number of amides is 1. The number of hydrogen-bond donors (Lipinski definition) is 1. The molecule has 1 aromatic rings. The Kier molecular flexibility index (Phi) is 6.24. The first-order valence-corrected chi connectivity index (χ1v) is 7.04. The highest BCUT2D eigenvalue weighted by atomic mass is 35.5. The van der Waals surface area contributed by atoms with Gasteiger partial charge in [0.15, 0.2) is 6.61 Å². The van der Waals surface area contributed by atoms with Crippen LogP contribution in [-0.4, -0.2) is 24.0 Å². The molecule has 0 heterocycles. The van der Waals surface area contributed by atoms with Gasteiger partial charge >= 0.3 is 5.97 Å². The number of carbonyl (C=O) groups is 2. The lowest BCUT2D eigenvalue weighted by Crippen LogP contribution is -2.42. The highest BCUT2D eigenvalue weighted by molar-refractivity contribution is 6.37. The number of halogens is 2. The van der Waals surface area contributed by atoms with Crippen LogP contribution in [0.1, 0.15) is 26.3 Å². The van der Waals surface area contributed by atoms with Gasteiger partial charge in [-0.25, -0.2) is 4.79 Å². The second kappa shape index (κ2) is 7.48. The summed E-state index contributed by atoms with van der Waals surface area (Å²) in [5.74, 6) is -1.00. The molecule has 114 valence electrons. The summed E-state index contributed by atoms with van der Waals surface area (Å²) in [6, 6.07) is 5.03. The van der Waals surface area contributed by atoms with E-state index in [2.05, 4.69) is 5.32 Å². The standard InChI is InChI=1S/C15H17Cl2NO3/c1-15(2,3)18-13(19)9-21-14(20)8-7-10-11(16)5-4-6-12(10)17/h4-8H,9H2,1-3H3,(H,18,19)/b8-7+. The number of esters is 1. The average Bonchev–Trinajstić information content (AvgIpc) is 2.33. The maximum absolute atomic E-state index is 11.5. The zero-order valence-electron chi connectivity index (χ0n) is 12.1. The maximum atomic E-state index is 11.5. The van der Waals surface area contributed by atoms with Gasteiger partial charge in [-0.3, -0.25) is 4.79 Å². The van der Waals surface area contributed by atoms with Crippen LogP contribution < -0.4 is 5.32 Å². The molecule has 0 aliphatic carbocycles. The third-order valence-electron chi connectivity index (χ3n) is 2.25. The van der Waals surface area contributed by atoms with E-state index in [9.17, 15) is 9.59 Å². The van der Waals surface area contributed by atoms with Crippen molar-refractivity contribution >= 4 is 41.2 Å². The molecule has 0 saturated carbocycles. The third kappa shape index (κ3) is 6.65. The van der Waals surface area contributed by atoms with E-state index in [4.69, 9.17) is 27.9 Å². The summed E-state index contributed by atoms with van der Waals surface area (Å²) < 4.78 is 4.83. The monoisotopic (exact) mass is 329 g/mol. The van der Waals surface area contributed by atoms with Crippen molar-refractivity contribution < 1.29 is 14.3 Å². The number of rotatable bonds is 4. The van der Waals surface area contributed by atoms with E-state index in [-0.39, 0.29) is 18.1 Å². The molecule has 21 heavy (non-hydrogen) atoms. The first-order valence-electron chi connectivity index (χ1n) is 6.29. The molecule has 0 bridgehead atoms. The van der Waals surface area contributed by atoms with Crippen molar-refractivity contribution in [3.05, 3.63) is 39.9 Å². The average molecular weight is 330 g/mol. The quantitative estimate of drug-likeness (QED) is 0.679. The second-order valence-electron chi connectivity index (χ2n) is 5.37. The predicted octanol–water partition coefficient (Wildman–Crippen LogP) is 3.46. The SMILES string of the molecule is CC(C)(C)NC(=O)COC(=O)/C=C/c1c(Cl)cccc1Cl. The molecule has 0 saturated heterocycles. The zero-order valence-corrected chi connectivity index (χ0v) is 13.6. The van der Waals surface area contributed by atoms with Gasteiger partial charge in [0, 0.05) is 27.2 Å². The lowest BCUT2D eigenvalue weighted by Gasteiger charge is -2.20. The molecule has 0 atom stereocenters. The summed E-state index contributed by atoms with van der Waals surface area (Å²) >= 11 is 11.9. The Labute approximate surface area is 134 Å². The number of benzene rings is 1. The zero-order chi connectivity index (χ0) is 16.0. The molecule has 4 nitrogen and oxygen atoms in total. The first-order chi connectivity index (χ1) is 9.69. The van der Waals surface area contributed by atoms with Crippen molar-refractivity contribution in [3.63, 3.8) is 0 Å². The van der Waals surface area contributed by atoms with E-state index < -0.39 is 5.97 Å². The molecule has 0 aromatic heterocycles. The Balaban J connectivity index is 2.55. The minimum atomic E-state index is -0.643. The molecular weight excluding hydrogens is 313 g/mol.